The Morgan fingerprint density at radius 2 is 2.00 bits per heavy atom. The number of aliphatic hydroxyl groups is 1. The molecule has 3 saturated heterocycles. The molecule has 5 atom stereocenters. The first kappa shape index (κ1) is 15.7. The third-order valence-corrected chi connectivity index (χ3v) is 5.63. The molecular weight excluding hydrogens is 317 g/mol. The van der Waals surface area contributed by atoms with Crippen molar-refractivity contribution in [3.63, 3.8) is 0 Å². The van der Waals surface area contributed by atoms with Gasteiger partial charge in [-0.1, -0.05) is 6.42 Å². The molecule has 0 radical (unpaired) electrons. The summed E-state index contributed by atoms with van der Waals surface area (Å²) in [5.74, 6) is -2.89. The number of allylic oxidation sites excluding steroid dienone is 1. The molecule has 4 fully saturated rings. The van der Waals surface area contributed by atoms with Crippen molar-refractivity contribution >= 4 is 0 Å². The predicted octanol–water partition coefficient (Wildman–Crippen LogP) is 2.79. The molecule has 4 aliphatic heterocycles. The molecule has 8 heteroatoms. The Balaban J connectivity index is 1.87. The average Bonchev–Trinajstić information content (AvgIpc) is 2.71. The molecule has 1 spiro atoms. The van der Waals surface area contributed by atoms with E-state index in [1.54, 1.807) is 6.92 Å². The van der Waals surface area contributed by atoms with E-state index in [-0.39, 0.29) is 11.5 Å². The predicted molar refractivity (Wildman–Crippen MR) is 69.5 cm³/mol. The van der Waals surface area contributed by atoms with E-state index in [4.69, 9.17) is 19.2 Å². The fourth-order valence-electron chi connectivity index (χ4n) is 4.57. The maximum absolute atomic E-state index is 13.4. The van der Waals surface area contributed by atoms with Gasteiger partial charge in [-0.3, -0.25) is 0 Å². The van der Waals surface area contributed by atoms with Crippen LogP contribution >= 0.6 is 0 Å². The molecule has 0 aromatic rings. The van der Waals surface area contributed by atoms with Crippen LogP contribution in [0.3, 0.4) is 0 Å². The first-order valence-corrected chi connectivity index (χ1v) is 7.92. The fourth-order valence-corrected chi connectivity index (χ4v) is 4.57. The van der Waals surface area contributed by atoms with Crippen LogP contribution in [-0.4, -0.2) is 35.6 Å². The molecule has 2 unspecified atom stereocenters. The molecule has 0 aromatic heterocycles. The van der Waals surface area contributed by atoms with Crippen LogP contribution in [0.2, 0.25) is 0 Å². The SMILES string of the molecule is C[C@@]12CCC3CCC[C@H]4C(CO)=C(C(F)(F)F)O[C@H](O1)C34OO2. The summed E-state index contributed by atoms with van der Waals surface area (Å²) >= 11 is 0. The summed E-state index contributed by atoms with van der Waals surface area (Å²) in [6.07, 6.45) is -2.52. The third kappa shape index (κ3) is 2.08. The Kier molecular flexibility index (Phi) is 3.30. The van der Waals surface area contributed by atoms with E-state index in [0.717, 1.165) is 19.3 Å². The van der Waals surface area contributed by atoms with Crippen LogP contribution in [0.5, 0.6) is 0 Å². The van der Waals surface area contributed by atoms with Crippen molar-refractivity contribution in [2.24, 2.45) is 11.8 Å². The van der Waals surface area contributed by atoms with Crippen LogP contribution in [-0.2, 0) is 19.2 Å². The zero-order chi connectivity index (χ0) is 16.5. The summed E-state index contributed by atoms with van der Waals surface area (Å²) in [7, 11) is 0. The van der Waals surface area contributed by atoms with Crippen LogP contribution in [0.4, 0.5) is 13.2 Å². The Morgan fingerprint density at radius 3 is 2.70 bits per heavy atom. The zero-order valence-electron chi connectivity index (χ0n) is 12.7. The third-order valence-electron chi connectivity index (χ3n) is 5.63. The summed E-state index contributed by atoms with van der Waals surface area (Å²) in [4.78, 5) is 11.1. The maximum atomic E-state index is 13.4. The number of ether oxygens (including phenoxy) is 2. The van der Waals surface area contributed by atoms with Crippen LogP contribution in [0, 0.1) is 11.8 Å². The fraction of sp³-hybridized carbons (Fsp3) is 0.867. The number of fused-ring (bicyclic) bond motifs is 2. The number of aliphatic hydroxyl groups excluding tert-OH is 1. The lowest BCUT2D eigenvalue weighted by Crippen LogP contribution is -2.66. The lowest BCUT2D eigenvalue weighted by Gasteiger charge is -2.56. The van der Waals surface area contributed by atoms with Crippen molar-refractivity contribution < 1.29 is 37.5 Å². The van der Waals surface area contributed by atoms with E-state index in [1.807, 2.05) is 0 Å². The lowest BCUT2D eigenvalue weighted by molar-refractivity contribution is -0.556. The van der Waals surface area contributed by atoms with E-state index in [0.29, 0.717) is 12.8 Å². The van der Waals surface area contributed by atoms with Crippen molar-refractivity contribution in [3.05, 3.63) is 11.3 Å². The first-order valence-electron chi connectivity index (χ1n) is 7.92. The molecular formula is C15H19F3O5. The summed E-state index contributed by atoms with van der Waals surface area (Å²) in [5, 5.41) is 9.60. The standard InChI is InChI=1S/C15H19F3O5/c1-13-6-5-8-3-2-4-10-9(7-19)11(15(16,17)18)20-12(21-13)14(8,10)23-22-13/h8,10,12,19H,2-7H2,1H3/t8?,10-,12+,13+,14?/m0/s1. The molecule has 2 bridgehead atoms. The molecule has 23 heavy (non-hydrogen) atoms. The van der Waals surface area contributed by atoms with Gasteiger partial charge in [0.2, 0.25) is 17.8 Å². The van der Waals surface area contributed by atoms with Gasteiger partial charge in [-0.05, 0) is 32.1 Å². The van der Waals surface area contributed by atoms with Crippen LogP contribution in [0.15, 0.2) is 11.3 Å². The van der Waals surface area contributed by atoms with Gasteiger partial charge in [0, 0.05) is 17.9 Å². The monoisotopic (exact) mass is 336 g/mol. The van der Waals surface area contributed by atoms with Gasteiger partial charge >= 0.3 is 6.18 Å². The summed E-state index contributed by atoms with van der Waals surface area (Å²) < 4.78 is 51.1. The minimum Gasteiger partial charge on any atom is -0.456 e. The summed E-state index contributed by atoms with van der Waals surface area (Å²) in [6.45, 7) is 0.926. The number of hydrogen-bond donors (Lipinski definition) is 1. The second-order valence-electron chi connectivity index (χ2n) is 6.95. The smallest absolute Gasteiger partial charge is 0.449 e. The van der Waals surface area contributed by atoms with Crippen LogP contribution < -0.4 is 0 Å². The van der Waals surface area contributed by atoms with Crippen molar-refractivity contribution in [1.82, 2.24) is 0 Å². The maximum Gasteiger partial charge on any atom is 0.449 e. The van der Waals surface area contributed by atoms with Crippen molar-refractivity contribution in [2.75, 3.05) is 6.61 Å². The van der Waals surface area contributed by atoms with E-state index >= 15 is 0 Å². The number of hydrogen-bond acceptors (Lipinski definition) is 5. The van der Waals surface area contributed by atoms with E-state index < -0.39 is 42.1 Å². The normalized spacial score (nSPS) is 46.2. The Morgan fingerprint density at radius 1 is 1.22 bits per heavy atom. The van der Waals surface area contributed by atoms with E-state index in [9.17, 15) is 18.3 Å². The molecule has 4 heterocycles. The Labute approximate surface area is 131 Å². The van der Waals surface area contributed by atoms with Crippen molar-refractivity contribution in [2.45, 2.75) is 62.9 Å². The zero-order valence-corrected chi connectivity index (χ0v) is 12.7. The van der Waals surface area contributed by atoms with Crippen LogP contribution in [0.1, 0.15) is 39.0 Å². The molecule has 5 rings (SSSR count). The van der Waals surface area contributed by atoms with Gasteiger partial charge in [0.05, 0.1) is 6.61 Å². The summed E-state index contributed by atoms with van der Waals surface area (Å²) in [5.41, 5.74) is -1.27. The van der Waals surface area contributed by atoms with E-state index in [1.165, 1.54) is 0 Å². The van der Waals surface area contributed by atoms with Crippen molar-refractivity contribution in [1.29, 1.82) is 0 Å². The molecule has 130 valence electrons. The largest absolute Gasteiger partial charge is 0.456 e. The molecule has 1 aliphatic carbocycles. The molecule has 5 aliphatic rings. The van der Waals surface area contributed by atoms with Gasteiger partial charge in [0.1, 0.15) is 0 Å². The molecule has 1 saturated carbocycles. The Hall–Kier alpha value is -0.830. The van der Waals surface area contributed by atoms with E-state index in [2.05, 4.69) is 0 Å². The minimum atomic E-state index is -4.68. The molecule has 0 aromatic carbocycles. The van der Waals surface area contributed by atoms with Gasteiger partial charge in [-0.2, -0.15) is 13.2 Å². The second kappa shape index (κ2) is 4.84. The topological polar surface area (TPSA) is 57.2 Å². The highest BCUT2D eigenvalue weighted by atomic mass is 19.4. The molecule has 1 N–H and O–H groups in total. The van der Waals surface area contributed by atoms with Gasteiger partial charge in [-0.25, -0.2) is 9.78 Å². The number of halogens is 3. The second-order valence-corrected chi connectivity index (χ2v) is 6.95. The average molecular weight is 336 g/mol. The summed E-state index contributed by atoms with van der Waals surface area (Å²) in [6, 6.07) is 0. The van der Waals surface area contributed by atoms with Crippen molar-refractivity contribution in [3.8, 4) is 0 Å². The highest BCUT2D eigenvalue weighted by molar-refractivity contribution is 5.27. The number of alkyl halides is 3. The van der Waals surface area contributed by atoms with Gasteiger partial charge in [0.15, 0.2) is 5.60 Å². The van der Waals surface area contributed by atoms with Gasteiger partial charge < -0.3 is 14.6 Å². The highest BCUT2D eigenvalue weighted by Crippen LogP contribution is 2.59. The van der Waals surface area contributed by atoms with Gasteiger partial charge in [0.25, 0.3) is 0 Å². The lowest BCUT2D eigenvalue weighted by atomic mass is 9.63. The molecule has 0 amide bonds. The highest BCUT2D eigenvalue weighted by Gasteiger charge is 2.68. The Bertz CT molecular complexity index is 548. The van der Waals surface area contributed by atoms with Gasteiger partial charge in [-0.15, -0.1) is 0 Å². The minimum absolute atomic E-state index is 0.0214. The molecule has 5 nitrogen and oxygen atoms in total. The quantitative estimate of drug-likeness (QED) is 0.746. The number of rotatable bonds is 1. The van der Waals surface area contributed by atoms with Crippen LogP contribution in [0.25, 0.3) is 0 Å². The first-order chi connectivity index (χ1) is 10.8.